The van der Waals surface area contributed by atoms with Gasteiger partial charge < -0.3 is 0 Å². The smallest absolute Gasteiger partial charge is 0 e. The van der Waals surface area contributed by atoms with Crippen LogP contribution in [-0.2, 0) is 178 Å². The van der Waals surface area contributed by atoms with Gasteiger partial charge in [-0.25, -0.2) is 0 Å². The fourth-order valence-corrected chi connectivity index (χ4v) is 0. The van der Waals surface area contributed by atoms with Gasteiger partial charge in [0.05, 0.1) is 0 Å². The van der Waals surface area contributed by atoms with Crippen LogP contribution in [0.3, 0.4) is 0 Å². The van der Waals surface area contributed by atoms with Gasteiger partial charge in [0.15, 0.2) is 0 Å². The van der Waals surface area contributed by atoms with Crippen LogP contribution in [0.15, 0.2) is 0 Å². The van der Waals surface area contributed by atoms with Crippen LogP contribution in [0.4, 0.5) is 0 Å². The van der Waals surface area contributed by atoms with Crippen LogP contribution in [0.5, 0.6) is 0 Å². The van der Waals surface area contributed by atoms with Crippen LogP contribution >= 0.6 is 0 Å². The molecule has 0 aromatic rings. The van der Waals surface area contributed by atoms with Crippen molar-refractivity contribution >= 4 is 0 Å². The second kappa shape index (κ2) is 67.8. The van der Waals surface area contributed by atoms with E-state index in [4.69, 9.17) is 0 Å². The fourth-order valence-electron chi connectivity index (χ4n) is 0. The van der Waals surface area contributed by atoms with E-state index in [9.17, 15) is 0 Å². The molecular formula is Os9. The van der Waals surface area contributed by atoms with Crippen molar-refractivity contribution in [3.63, 3.8) is 0 Å². The molecule has 0 spiro atoms. The van der Waals surface area contributed by atoms with Gasteiger partial charge in [0.25, 0.3) is 0 Å². The summed E-state index contributed by atoms with van der Waals surface area (Å²) < 4.78 is 0. The van der Waals surface area contributed by atoms with Crippen LogP contribution in [-0.4, -0.2) is 0 Å². The van der Waals surface area contributed by atoms with Gasteiger partial charge in [-0.15, -0.1) is 0 Å². The largest absolute Gasteiger partial charge is 0 e. The molecule has 0 nitrogen and oxygen atoms in total. The third-order valence-electron chi connectivity index (χ3n) is 0. The zero-order valence-electron chi connectivity index (χ0n) is 3.18. The van der Waals surface area contributed by atoms with Gasteiger partial charge in [0.2, 0.25) is 0 Å². The third kappa shape index (κ3) is 57.6. The fraction of sp³-hybridized carbons (Fsp3) is 0. The zero-order chi connectivity index (χ0) is 0. The first-order valence-electron chi connectivity index (χ1n) is 0. The van der Waals surface area contributed by atoms with Crippen LogP contribution in [0.1, 0.15) is 0 Å². The Labute approximate surface area is 174 Å². The van der Waals surface area contributed by atoms with Crippen molar-refractivity contribution in [3.05, 3.63) is 0 Å². The summed E-state index contributed by atoms with van der Waals surface area (Å²) in [5, 5.41) is 0. The summed E-state index contributed by atoms with van der Waals surface area (Å²) in [6.07, 6.45) is 0. The second-order valence-electron chi connectivity index (χ2n) is 0. The third-order valence-corrected chi connectivity index (χ3v) is 0. The molecule has 0 radical (unpaired) electrons. The summed E-state index contributed by atoms with van der Waals surface area (Å²) in [5.74, 6) is 0. The average molecular weight is 1710 g/mol. The molecule has 0 saturated carbocycles. The second-order valence-corrected chi connectivity index (χ2v) is 0. The zero-order valence-corrected chi connectivity index (χ0v) is 26.0. The Kier molecular flexibility index (Phi) is 637. The Morgan fingerprint density at radius 1 is 0.111 bits per heavy atom. The SMILES string of the molecule is [Os].[Os].[Os].[Os].[Os].[Os].[Os].[Os].[Os]. The molecule has 0 rings (SSSR count). The van der Waals surface area contributed by atoms with Gasteiger partial charge in [-0.2, -0.15) is 0 Å². The number of hydrogen-bond donors (Lipinski definition) is 0. The molecule has 0 bridgehead atoms. The molecule has 0 N–H and O–H groups in total. The normalized spacial score (nSPS) is 0. The topological polar surface area (TPSA) is 0 Å². The minimum atomic E-state index is 0. The van der Waals surface area contributed by atoms with Crippen molar-refractivity contribution in [1.82, 2.24) is 0 Å². The maximum atomic E-state index is 0. The number of rotatable bonds is 0. The van der Waals surface area contributed by atoms with E-state index < -0.39 is 0 Å². The quantitative estimate of drug-likeness (QED) is 0.321. The van der Waals surface area contributed by atoms with Crippen LogP contribution in [0.25, 0.3) is 0 Å². The van der Waals surface area contributed by atoms with E-state index in [0.29, 0.717) is 0 Å². The Hall–Kier alpha value is 5.73. The standard InChI is InChI=1S/9Os. The molecule has 0 aromatic heterocycles. The van der Waals surface area contributed by atoms with E-state index in [1.807, 2.05) is 0 Å². The summed E-state index contributed by atoms with van der Waals surface area (Å²) in [5.41, 5.74) is 0. The summed E-state index contributed by atoms with van der Waals surface area (Å²) in [7, 11) is 0. The van der Waals surface area contributed by atoms with Crippen molar-refractivity contribution in [3.8, 4) is 0 Å². The van der Waals surface area contributed by atoms with Crippen molar-refractivity contribution in [2.45, 2.75) is 0 Å². The van der Waals surface area contributed by atoms with Crippen molar-refractivity contribution in [2.75, 3.05) is 0 Å². The van der Waals surface area contributed by atoms with Crippen molar-refractivity contribution in [1.29, 1.82) is 0 Å². The van der Waals surface area contributed by atoms with E-state index in [1.54, 1.807) is 0 Å². The predicted octanol–water partition coefficient (Wildman–Crippen LogP) is -0.0225. The Morgan fingerprint density at radius 3 is 0.111 bits per heavy atom. The molecule has 0 aliphatic carbocycles. The molecule has 0 aliphatic rings. The van der Waals surface area contributed by atoms with Gasteiger partial charge in [-0.3, -0.25) is 0 Å². The van der Waals surface area contributed by atoms with Gasteiger partial charge >= 0.3 is 0 Å². The molecule has 0 amide bonds. The first-order chi connectivity index (χ1) is 0. The molecular weight excluding hydrogens is 1710 g/mol. The van der Waals surface area contributed by atoms with Gasteiger partial charge in [-0.05, 0) is 0 Å². The van der Waals surface area contributed by atoms with E-state index in [0.717, 1.165) is 0 Å². The minimum absolute atomic E-state index is 0. The first kappa shape index (κ1) is 84.6. The average Bonchev–Trinajstić information content (AvgIpc) is 0. The van der Waals surface area contributed by atoms with Crippen LogP contribution in [0.2, 0.25) is 0 Å². The monoisotopic (exact) mass is 1730 g/mol. The maximum absolute atomic E-state index is 0. The molecule has 0 aliphatic heterocycles. The molecule has 0 aromatic carbocycles. The molecule has 0 fully saturated rings. The summed E-state index contributed by atoms with van der Waals surface area (Å²) >= 11 is 0. The summed E-state index contributed by atoms with van der Waals surface area (Å²) in [6.45, 7) is 0. The molecule has 9 heteroatoms. The van der Waals surface area contributed by atoms with Crippen LogP contribution in [0, 0.1) is 0 Å². The van der Waals surface area contributed by atoms with E-state index >= 15 is 0 Å². The van der Waals surface area contributed by atoms with Gasteiger partial charge in [0.1, 0.15) is 0 Å². The van der Waals surface area contributed by atoms with Crippen molar-refractivity contribution in [2.24, 2.45) is 0 Å². The van der Waals surface area contributed by atoms with Gasteiger partial charge in [-0.1, -0.05) is 0 Å². The van der Waals surface area contributed by atoms with E-state index in [-0.39, 0.29) is 178 Å². The molecule has 0 saturated heterocycles. The molecule has 0 unspecified atom stereocenters. The maximum Gasteiger partial charge on any atom is 0 e. The predicted molar refractivity (Wildman–Crippen MR) is 0 cm³/mol. The van der Waals surface area contributed by atoms with E-state index in [2.05, 4.69) is 0 Å². The van der Waals surface area contributed by atoms with Crippen LogP contribution < -0.4 is 0 Å². The molecule has 0 atom stereocenters. The first-order valence-corrected chi connectivity index (χ1v) is 0. The molecule has 72 valence electrons. The Balaban J connectivity index is 0. The molecule has 9 heavy (non-hydrogen) atoms. The molecule has 0 heterocycles. The van der Waals surface area contributed by atoms with Crippen molar-refractivity contribution < 1.29 is 178 Å². The van der Waals surface area contributed by atoms with Gasteiger partial charge in [0, 0.05) is 178 Å². The Bertz CT molecular complexity index is 0. The Morgan fingerprint density at radius 2 is 0.111 bits per heavy atom. The summed E-state index contributed by atoms with van der Waals surface area (Å²) in [4.78, 5) is 0. The minimum Gasteiger partial charge on any atom is 0 e. The number of hydrogen-bond acceptors (Lipinski definition) is 0. The van der Waals surface area contributed by atoms with E-state index in [1.165, 1.54) is 0 Å². The summed E-state index contributed by atoms with van der Waals surface area (Å²) in [6, 6.07) is 0.